The zero-order chi connectivity index (χ0) is 10.8. The first-order valence-electron chi connectivity index (χ1n) is 4.51. The van der Waals surface area contributed by atoms with Gasteiger partial charge >= 0.3 is 0 Å². The van der Waals surface area contributed by atoms with Crippen LogP contribution in [0.2, 0.25) is 5.02 Å². The maximum atomic E-state index is 6.10. The van der Waals surface area contributed by atoms with Crippen molar-refractivity contribution in [2.45, 2.75) is 6.04 Å². The van der Waals surface area contributed by atoms with Gasteiger partial charge in [-0.1, -0.05) is 11.6 Å². The molecule has 2 aromatic rings. The summed E-state index contributed by atoms with van der Waals surface area (Å²) in [6.45, 7) is 0. The molecule has 4 heteroatoms. The molecule has 4 N–H and O–H groups in total. The Labute approximate surface area is 97.5 Å². The predicted molar refractivity (Wildman–Crippen MR) is 66.2 cm³/mol. The third kappa shape index (κ3) is 2.15. The monoisotopic (exact) mass is 238 g/mol. The molecule has 0 saturated heterocycles. The molecule has 0 bridgehead atoms. The summed E-state index contributed by atoms with van der Waals surface area (Å²) in [5.41, 5.74) is 14.6. The van der Waals surface area contributed by atoms with Crippen LogP contribution >= 0.6 is 22.9 Å². The highest BCUT2D eigenvalue weighted by molar-refractivity contribution is 7.08. The molecule has 1 heterocycles. The van der Waals surface area contributed by atoms with Crippen molar-refractivity contribution >= 4 is 28.6 Å². The lowest BCUT2D eigenvalue weighted by Crippen LogP contribution is -2.12. The molecule has 15 heavy (non-hydrogen) atoms. The van der Waals surface area contributed by atoms with Crippen LogP contribution in [0.1, 0.15) is 17.2 Å². The van der Waals surface area contributed by atoms with Gasteiger partial charge in [-0.05, 0) is 46.2 Å². The van der Waals surface area contributed by atoms with Crippen LogP contribution in [-0.2, 0) is 0 Å². The summed E-state index contributed by atoms with van der Waals surface area (Å²) in [5, 5.41) is 4.67. The van der Waals surface area contributed by atoms with Crippen molar-refractivity contribution in [3.05, 3.63) is 51.2 Å². The summed E-state index contributed by atoms with van der Waals surface area (Å²) in [4.78, 5) is 0. The molecule has 0 saturated carbocycles. The lowest BCUT2D eigenvalue weighted by Gasteiger charge is -2.13. The number of hydrogen-bond donors (Lipinski definition) is 2. The first kappa shape index (κ1) is 10.5. The van der Waals surface area contributed by atoms with E-state index in [2.05, 4.69) is 0 Å². The van der Waals surface area contributed by atoms with Crippen molar-refractivity contribution in [2.24, 2.45) is 5.73 Å². The fourth-order valence-corrected chi connectivity index (χ4v) is 2.32. The summed E-state index contributed by atoms with van der Waals surface area (Å²) in [5.74, 6) is 0. The van der Waals surface area contributed by atoms with E-state index in [1.54, 1.807) is 23.5 Å². The molecule has 0 aliphatic heterocycles. The Balaban J connectivity index is 2.41. The summed E-state index contributed by atoms with van der Waals surface area (Å²) in [7, 11) is 0. The summed E-state index contributed by atoms with van der Waals surface area (Å²) < 4.78 is 0. The highest BCUT2D eigenvalue weighted by Gasteiger charge is 2.12. The normalized spacial score (nSPS) is 12.7. The third-order valence-corrected chi connectivity index (χ3v) is 3.22. The molecule has 0 aliphatic carbocycles. The van der Waals surface area contributed by atoms with Gasteiger partial charge in [-0.15, -0.1) is 0 Å². The van der Waals surface area contributed by atoms with E-state index in [-0.39, 0.29) is 6.04 Å². The van der Waals surface area contributed by atoms with Gasteiger partial charge in [-0.25, -0.2) is 0 Å². The maximum Gasteiger partial charge on any atom is 0.0580 e. The second kappa shape index (κ2) is 4.23. The van der Waals surface area contributed by atoms with Crippen LogP contribution in [0.25, 0.3) is 0 Å². The molecule has 0 fully saturated rings. The van der Waals surface area contributed by atoms with Crippen molar-refractivity contribution in [2.75, 3.05) is 5.73 Å². The Bertz CT molecular complexity index is 454. The number of thiophene rings is 1. The van der Waals surface area contributed by atoms with Crippen molar-refractivity contribution in [1.82, 2.24) is 0 Å². The number of nitrogen functional groups attached to an aromatic ring is 1. The number of hydrogen-bond acceptors (Lipinski definition) is 3. The van der Waals surface area contributed by atoms with E-state index in [4.69, 9.17) is 23.1 Å². The van der Waals surface area contributed by atoms with Crippen LogP contribution in [0.4, 0.5) is 5.69 Å². The Kier molecular flexibility index (Phi) is 2.95. The molecular weight excluding hydrogens is 228 g/mol. The molecule has 0 unspecified atom stereocenters. The van der Waals surface area contributed by atoms with Crippen LogP contribution < -0.4 is 11.5 Å². The molecule has 1 atom stereocenters. The standard InChI is InChI=1S/C11H11ClN2S/c12-8-1-2-10(13)9(5-8)11(14)7-3-4-15-6-7/h1-6,11H,13-14H2/t11-/m0/s1. The van der Waals surface area contributed by atoms with Crippen LogP contribution in [0.3, 0.4) is 0 Å². The van der Waals surface area contributed by atoms with Crippen molar-refractivity contribution < 1.29 is 0 Å². The van der Waals surface area contributed by atoms with Crippen molar-refractivity contribution in [1.29, 1.82) is 0 Å². The average molecular weight is 239 g/mol. The molecule has 78 valence electrons. The van der Waals surface area contributed by atoms with Crippen LogP contribution in [0.15, 0.2) is 35.0 Å². The SMILES string of the molecule is Nc1ccc(Cl)cc1[C@@H](N)c1ccsc1. The zero-order valence-corrected chi connectivity index (χ0v) is 9.55. The third-order valence-electron chi connectivity index (χ3n) is 2.29. The summed E-state index contributed by atoms with van der Waals surface area (Å²) >= 11 is 7.53. The van der Waals surface area contributed by atoms with Crippen LogP contribution in [0, 0.1) is 0 Å². The number of rotatable bonds is 2. The number of anilines is 1. The van der Waals surface area contributed by atoms with Gasteiger partial charge in [0.2, 0.25) is 0 Å². The zero-order valence-electron chi connectivity index (χ0n) is 7.98. The lowest BCUT2D eigenvalue weighted by molar-refractivity contribution is 0.880. The number of nitrogens with two attached hydrogens (primary N) is 2. The number of benzene rings is 1. The van der Waals surface area contributed by atoms with E-state index in [1.807, 2.05) is 22.9 Å². The quantitative estimate of drug-likeness (QED) is 0.791. The molecule has 0 radical (unpaired) electrons. The van der Waals surface area contributed by atoms with Crippen molar-refractivity contribution in [3.63, 3.8) is 0 Å². The first-order chi connectivity index (χ1) is 7.18. The van der Waals surface area contributed by atoms with Crippen molar-refractivity contribution in [3.8, 4) is 0 Å². The Hall–Kier alpha value is -1.03. The predicted octanol–water partition coefficient (Wildman–Crippen LogP) is 3.03. The van der Waals surface area contributed by atoms with Crippen LogP contribution in [0.5, 0.6) is 0 Å². The van der Waals surface area contributed by atoms with E-state index in [9.17, 15) is 0 Å². The molecule has 2 rings (SSSR count). The topological polar surface area (TPSA) is 52.0 Å². The largest absolute Gasteiger partial charge is 0.398 e. The van der Waals surface area contributed by atoms with E-state index < -0.39 is 0 Å². The first-order valence-corrected chi connectivity index (χ1v) is 5.83. The van der Waals surface area contributed by atoms with Crippen LogP contribution in [-0.4, -0.2) is 0 Å². The molecule has 0 aliphatic rings. The van der Waals surface area contributed by atoms with Gasteiger partial charge in [0.25, 0.3) is 0 Å². The lowest BCUT2D eigenvalue weighted by atomic mass is 10.0. The molecule has 1 aromatic heterocycles. The van der Waals surface area contributed by atoms with Gasteiger partial charge in [0, 0.05) is 10.7 Å². The van der Waals surface area contributed by atoms with E-state index >= 15 is 0 Å². The summed E-state index contributed by atoms with van der Waals surface area (Å²) in [6, 6.07) is 7.16. The van der Waals surface area contributed by atoms with Gasteiger partial charge in [-0.2, -0.15) is 11.3 Å². The molecule has 1 aromatic carbocycles. The molecule has 2 nitrogen and oxygen atoms in total. The maximum absolute atomic E-state index is 6.10. The minimum atomic E-state index is -0.199. The Morgan fingerprint density at radius 3 is 2.73 bits per heavy atom. The minimum Gasteiger partial charge on any atom is -0.398 e. The van der Waals surface area contributed by atoms with Gasteiger partial charge in [0.1, 0.15) is 0 Å². The van der Waals surface area contributed by atoms with E-state index in [0.29, 0.717) is 10.7 Å². The van der Waals surface area contributed by atoms with Gasteiger partial charge < -0.3 is 11.5 Å². The molecule has 0 spiro atoms. The Morgan fingerprint density at radius 2 is 2.07 bits per heavy atom. The smallest absolute Gasteiger partial charge is 0.0580 e. The second-order valence-electron chi connectivity index (χ2n) is 3.31. The second-order valence-corrected chi connectivity index (χ2v) is 4.52. The van der Waals surface area contributed by atoms with Gasteiger partial charge in [-0.3, -0.25) is 0 Å². The average Bonchev–Trinajstić information content (AvgIpc) is 2.74. The van der Waals surface area contributed by atoms with E-state index in [1.165, 1.54) is 0 Å². The van der Waals surface area contributed by atoms with Gasteiger partial charge in [0.15, 0.2) is 0 Å². The molecule has 0 amide bonds. The minimum absolute atomic E-state index is 0.199. The van der Waals surface area contributed by atoms with E-state index in [0.717, 1.165) is 11.1 Å². The highest BCUT2D eigenvalue weighted by atomic mass is 35.5. The summed E-state index contributed by atoms with van der Waals surface area (Å²) in [6.07, 6.45) is 0. The fraction of sp³-hybridized carbons (Fsp3) is 0.0909. The molecular formula is C11H11ClN2S. The Morgan fingerprint density at radius 1 is 1.27 bits per heavy atom. The van der Waals surface area contributed by atoms with Gasteiger partial charge in [0.05, 0.1) is 6.04 Å². The fourth-order valence-electron chi connectivity index (χ4n) is 1.45. The number of halogens is 1. The highest BCUT2D eigenvalue weighted by Crippen LogP contribution is 2.28.